The summed E-state index contributed by atoms with van der Waals surface area (Å²) in [5.41, 5.74) is 5.94. The molecule has 0 saturated heterocycles. The molecule has 0 fully saturated rings. The monoisotopic (exact) mass is 188 g/mol. The number of rotatable bonds is 7. The highest BCUT2D eigenvalue weighted by Crippen LogP contribution is 1.99. The predicted octanol–water partition coefficient (Wildman–Crippen LogP) is 0.938. The van der Waals surface area contributed by atoms with Gasteiger partial charge in [0.2, 0.25) is 0 Å². The second-order valence-electron chi connectivity index (χ2n) is 3.87. The SMILES string of the molecule is CCOCCN(C)CC(N)C(C)C. The van der Waals surface area contributed by atoms with Crippen molar-refractivity contribution in [1.29, 1.82) is 0 Å². The third-order valence-electron chi connectivity index (χ3n) is 2.20. The fourth-order valence-electron chi connectivity index (χ4n) is 1.03. The zero-order valence-electron chi connectivity index (χ0n) is 9.42. The van der Waals surface area contributed by atoms with Gasteiger partial charge in [-0.05, 0) is 19.9 Å². The average molecular weight is 188 g/mol. The Kier molecular flexibility index (Phi) is 7.23. The number of hydrogen-bond acceptors (Lipinski definition) is 3. The van der Waals surface area contributed by atoms with E-state index in [-0.39, 0.29) is 6.04 Å². The van der Waals surface area contributed by atoms with E-state index < -0.39 is 0 Å². The molecule has 0 aliphatic rings. The van der Waals surface area contributed by atoms with Crippen LogP contribution in [-0.4, -0.2) is 44.3 Å². The van der Waals surface area contributed by atoms with Gasteiger partial charge in [-0.3, -0.25) is 0 Å². The Labute approximate surface area is 82.2 Å². The Morgan fingerprint density at radius 2 is 2.00 bits per heavy atom. The zero-order chi connectivity index (χ0) is 10.3. The summed E-state index contributed by atoms with van der Waals surface area (Å²) in [6.45, 7) is 9.84. The lowest BCUT2D eigenvalue weighted by Crippen LogP contribution is -2.40. The Balaban J connectivity index is 3.43. The third kappa shape index (κ3) is 6.99. The Morgan fingerprint density at radius 3 is 2.46 bits per heavy atom. The maximum atomic E-state index is 5.94. The normalized spacial score (nSPS) is 14.1. The van der Waals surface area contributed by atoms with Crippen LogP contribution in [0, 0.1) is 5.92 Å². The van der Waals surface area contributed by atoms with Crippen molar-refractivity contribution in [2.24, 2.45) is 11.7 Å². The van der Waals surface area contributed by atoms with Crippen molar-refractivity contribution in [3.05, 3.63) is 0 Å². The molecule has 2 N–H and O–H groups in total. The molecule has 80 valence electrons. The van der Waals surface area contributed by atoms with E-state index in [0.29, 0.717) is 5.92 Å². The van der Waals surface area contributed by atoms with Crippen LogP contribution in [0.3, 0.4) is 0 Å². The van der Waals surface area contributed by atoms with Crippen LogP contribution in [0.1, 0.15) is 20.8 Å². The molecule has 1 unspecified atom stereocenters. The van der Waals surface area contributed by atoms with Crippen LogP contribution in [0.5, 0.6) is 0 Å². The van der Waals surface area contributed by atoms with Gasteiger partial charge in [0.05, 0.1) is 6.61 Å². The topological polar surface area (TPSA) is 38.5 Å². The highest BCUT2D eigenvalue weighted by Gasteiger charge is 2.09. The first-order chi connectivity index (χ1) is 6.07. The fourth-order valence-corrected chi connectivity index (χ4v) is 1.03. The van der Waals surface area contributed by atoms with Crippen molar-refractivity contribution >= 4 is 0 Å². The Bertz CT molecular complexity index is 117. The van der Waals surface area contributed by atoms with E-state index in [4.69, 9.17) is 10.5 Å². The minimum absolute atomic E-state index is 0.270. The van der Waals surface area contributed by atoms with Crippen LogP contribution in [0.4, 0.5) is 0 Å². The number of likely N-dealkylation sites (N-methyl/N-ethyl adjacent to an activating group) is 1. The second-order valence-corrected chi connectivity index (χ2v) is 3.87. The van der Waals surface area contributed by atoms with Crippen LogP contribution >= 0.6 is 0 Å². The van der Waals surface area contributed by atoms with Crippen molar-refractivity contribution in [3.8, 4) is 0 Å². The van der Waals surface area contributed by atoms with Gasteiger partial charge in [-0.2, -0.15) is 0 Å². The van der Waals surface area contributed by atoms with Crippen molar-refractivity contribution in [1.82, 2.24) is 4.90 Å². The van der Waals surface area contributed by atoms with E-state index in [1.54, 1.807) is 0 Å². The van der Waals surface area contributed by atoms with Gasteiger partial charge in [0, 0.05) is 25.7 Å². The molecular weight excluding hydrogens is 164 g/mol. The Hall–Kier alpha value is -0.120. The molecular formula is C10H24N2O. The summed E-state index contributed by atoms with van der Waals surface area (Å²) in [6.07, 6.45) is 0. The first-order valence-electron chi connectivity index (χ1n) is 5.09. The molecule has 0 bridgehead atoms. The lowest BCUT2D eigenvalue weighted by Gasteiger charge is -2.23. The number of nitrogens with two attached hydrogens (primary N) is 1. The molecule has 3 nitrogen and oxygen atoms in total. The lowest BCUT2D eigenvalue weighted by molar-refractivity contribution is 0.118. The number of ether oxygens (including phenoxy) is 1. The maximum absolute atomic E-state index is 5.94. The molecule has 13 heavy (non-hydrogen) atoms. The van der Waals surface area contributed by atoms with Gasteiger partial charge in [-0.1, -0.05) is 13.8 Å². The van der Waals surface area contributed by atoms with Crippen molar-refractivity contribution in [2.45, 2.75) is 26.8 Å². The Morgan fingerprint density at radius 1 is 1.38 bits per heavy atom. The summed E-state index contributed by atoms with van der Waals surface area (Å²) in [4.78, 5) is 2.22. The summed E-state index contributed by atoms with van der Waals surface area (Å²) in [7, 11) is 2.08. The first kappa shape index (κ1) is 12.9. The molecule has 0 aromatic heterocycles. The standard InChI is InChI=1S/C10H24N2O/c1-5-13-7-6-12(4)8-10(11)9(2)3/h9-10H,5-8,11H2,1-4H3. The van der Waals surface area contributed by atoms with E-state index in [1.807, 2.05) is 6.92 Å². The number of hydrogen-bond donors (Lipinski definition) is 1. The van der Waals surface area contributed by atoms with Crippen LogP contribution in [-0.2, 0) is 4.74 Å². The maximum Gasteiger partial charge on any atom is 0.0593 e. The lowest BCUT2D eigenvalue weighted by atomic mass is 10.1. The zero-order valence-corrected chi connectivity index (χ0v) is 9.42. The quantitative estimate of drug-likeness (QED) is 0.604. The van der Waals surface area contributed by atoms with Crippen LogP contribution in [0.15, 0.2) is 0 Å². The van der Waals surface area contributed by atoms with Crippen molar-refractivity contribution in [2.75, 3.05) is 33.4 Å². The molecule has 3 heteroatoms. The highest BCUT2D eigenvalue weighted by molar-refractivity contribution is 4.68. The number of nitrogens with zero attached hydrogens (tertiary/aromatic N) is 1. The van der Waals surface area contributed by atoms with Gasteiger partial charge in [-0.25, -0.2) is 0 Å². The summed E-state index contributed by atoms with van der Waals surface area (Å²) in [5.74, 6) is 0.551. The molecule has 0 heterocycles. The van der Waals surface area contributed by atoms with E-state index in [2.05, 4.69) is 25.8 Å². The minimum atomic E-state index is 0.270. The first-order valence-corrected chi connectivity index (χ1v) is 5.09. The van der Waals surface area contributed by atoms with Gasteiger partial charge in [0.15, 0.2) is 0 Å². The molecule has 0 aromatic carbocycles. The fraction of sp³-hybridized carbons (Fsp3) is 1.00. The van der Waals surface area contributed by atoms with Crippen molar-refractivity contribution in [3.63, 3.8) is 0 Å². The predicted molar refractivity (Wildman–Crippen MR) is 56.8 cm³/mol. The van der Waals surface area contributed by atoms with Crippen LogP contribution in [0.2, 0.25) is 0 Å². The van der Waals surface area contributed by atoms with Crippen LogP contribution < -0.4 is 5.73 Å². The van der Waals surface area contributed by atoms with E-state index in [9.17, 15) is 0 Å². The van der Waals surface area contributed by atoms with Gasteiger partial charge in [-0.15, -0.1) is 0 Å². The van der Waals surface area contributed by atoms with E-state index >= 15 is 0 Å². The molecule has 0 spiro atoms. The van der Waals surface area contributed by atoms with Gasteiger partial charge >= 0.3 is 0 Å². The molecule has 0 saturated carbocycles. The van der Waals surface area contributed by atoms with Crippen LogP contribution in [0.25, 0.3) is 0 Å². The third-order valence-corrected chi connectivity index (χ3v) is 2.20. The summed E-state index contributed by atoms with van der Waals surface area (Å²) < 4.78 is 5.26. The summed E-state index contributed by atoms with van der Waals surface area (Å²) in [6, 6.07) is 0.270. The average Bonchev–Trinajstić information content (AvgIpc) is 2.04. The van der Waals surface area contributed by atoms with E-state index in [1.165, 1.54) is 0 Å². The minimum Gasteiger partial charge on any atom is -0.380 e. The molecule has 1 atom stereocenters. The molecule has 0 aliphatic carbocycles. The molecule has 0 amide bonds. The molecule has 0 aromatic rings. The molecule has 0 radical (unpaired) electrons. The van der Waals surface area contributed by atoms with Gasteiger partial charge < -0.3 is 15.4 Å². The van der Waals surface area contributed by atoms with Gasteiger partial charge in [0.25, 0.3) is 0 Å². The summed E-state index contributed by atoms with van der Waals surface area (Å²) in [5, 5.41) is 0. The molecule has 0 rings (SSSR count). The second kappa shape index (κ2) is 7.30. The van der Waals surface area contributed by atoms with Gasteiger partial charge in [0.1, 0.15) is 0 Å². The largest absolute Gasteiger partial charge is 0.380 e. The van der Waals surface area contributed by atoms with E-state index in [0.717, 1.165) is 26.3 Å². The molecule has 0 aliphatic heterocycles. The summed E-state index contributed by atoms with van der Waals surface area (Å²) >= 11 is 0. The van der Waals surface area contributed by atoms with Crippen molar-refractivity contribution < 1.29 is 4.74 Å². The smallest absolute Gasteiger partial charge is 0.0593 e. The highest BCUT2D eigenvalue weighted by atomic mass is 16.5.